The Bertz CT molecular complexity index is 886. The Kier molecular flexibility index (Phi) is 6.83. The van der Waals surface area contributed by atoms with Crippen molar-refractivity contribution in [3.05, 3.63) is 58.7 Å². The van der Waals surface area contributed by atoms with Crippen LogP contribution in [0.3, 0.4) is 0 Å². The lowest BCUT2D eigenvalue weighted by atomic mass is 9.87. The molecule has 0 saturated heterocycles. The average Bonchev–Trinajstić information content (AvgIpc) is 3.47. The Labute approximate surface area is 198 Å². The van der Waals surface area contributed by atoms with E-state index in [0.29, 0.717) is 36.8 Å². The Morgan fingerprint density at radius 3 is 1.52 bits per heavy atom. The number of esters is 2. The van der Waals surface area contributed by atoms with Gasteiger partial charge in [0.15, 0.2) is 0 Å². The fourth-order valence-corrected chi connectivity index (χ4v) is 5.72. The third-order valence-corrected chi connectivity index (χ3v) is 8.21. The number of hydrogen-bond donors (Lipinski definition) is 0. The van der Waals surface area contributed by atoms with Gasteiger partial charge in [-0.05, 0) is 68.9 Å². The number of hydrogen-bond acceptors (Lipinski definition) is 4. The molecule has 0 aliphatic heterocycles. The fraction of sp³-hybridized carbons (Fsp3) is 0.586. The second-order valence-electron chi connectivity index (χ2n) is 9.99. The smallest absolute Gasteiger partial charge is 0.335 e. The predicted octanol–water partition coefficient (Wildman–Crippen LogP) is 6.69. The van der Waals surface area contributed by atoms with E-state index in [4.69, 9.17) is 9.47 Å². The number of fused-ring (bicyclic) bond motifs is 2. The van der Waals surface area contributed by atoms with E-state index in [1.165, 1.54) is 11.1 Å². The van der Waals surface area contributed by atoms with Gasteiger partial charge in [-0.1, -0.05) is 63.1 Å². The SMILES string of the molecule is CCC1=CCC(CC)(OC(=O)C2=C(C(=O)OC3(CC)C=CC(CC)=CC3)C3CCC2C3)C=C1. The molecule has 0 aromatic carbocycles. The van der Waals surface area contributed by atoms with Crippen LogP contribution in [-0.2, 0) is 19.1 Å². The van der Waals surface area contributed by atoms with Gasteiger partial charge in [0.1, 0.15) is 11.2 Å². The highest BCUT2D eigenvalue weighted by Gasteiger charge is 2.48. The van der Waals surface area contributed by atoms with E-state index in [2.05, 4.69) is 38.2 Å². The van der Waals surface area contributed by atoms with Gasteiger partial charge in [-0.25, -0.2) is 9.59 Å². The molecule has 4 nitrogen and oxygen atoms in total. The van der Waals surface area contributed by atoms with Crippen molar-refractivity contribution in [3.8, 4) is 0 Å². The molecule has 33 heavy (non-hydrogen) atoms. The predicted molar refractivity (Wildman–Crippen MR) is 130 cm³/mol. The summed E-state index contributed by atoms with van der Waals surface area (Å²) in [5, 5.41) is 0. The lowest BCUT2D eigenvalue weighted by molar-refractivity contribution is -0.154. The second kappa shape index (κ2) is 9.48. The highest BCUT2D eigenvalue weighted by atomic mass is 16.6. The zero-order valence-corrected chi connectivity index (χ0v) is 20.6. The first kappa shape index (κ1) is 23.8. The Morgan fingerprint density at radius 2 is 1.21 bits per heavy atom. The van der Waals surface area contributed by atoms with E-state index in [-0.39, 0.29) is 23.8 Å². The average molecular weight is 451 g/mol. The lowest BCUT2D eigenvalue weighted by Crippen LogP contribution is -2.37. The topological polar surface area (TPSA) is 52.6 Å². The van der Waals surface area contributed by atoms with E-state index in [9.17, 15) is 9.59 Å². The fourth-order valence-electron chi connectivity index (χ4n) is 5.72. The van der Waals surface area contributed by atoms with Crippen molar-refractivity contribution in [2.45, 2.75) is 96.7 Å². The van der Waals surface area contributed by atoms with Crippen molar-refractivity contribution in [3.63, 3.8) is 0 Å². The maximum Gasteiger partial charge on any atom is 0.335 e. The molecule has 0 heterocycles. The van der Waals surface area contributed by atoms with Crippen molar-refractivity contribution in [2.24, 2.45) is 11.8 Å². The molecule has 1 saturated carbocycles. The molecule has 4 unspecified atom stereocenters. The minimum absolute atomic E-state index is 0.110. The zero-order valence-electron chi connectivity index (χ0n) is 20.6. The van der Waals surface area contributed by atoms with E-state index >= 15 is 0 Å². The van der Waals surface area contributed by atoms with Gasteiger partial charge in [0.05, 0.1) is 11.1 Å². The molecule has 4 aliphatic carbocycles. The summed E-state index contributed by atoms with van der Waals surface area (Å²) < 4.78 is 12.3. The van der Waals surface area contributed by atoms with Crippen molar-refractivity contribution in [1.82, 2.24) is 0 Å². The molecule has 0 amide bonds. The molecule has 0 N–H and O–H groups in total. The van der Waals surface area contributed by atoms with Gasteiger partial charge in [-0.15, -0.1) is 0 Å². The number of rotatable bonds is 8. The highest BCUT2D eigenvalue weighted by molar-refractivity contribution is 6.03. The first-order valence-electron chi connectivity index (χ1n) is 12.9. The van der Waals surface area contributed by atoms with Gasteiger partial charge in [-0.3, -0.25) is 0 Å². The van der Waals surface area contributed by atoms with E-state index in [1.54, 1.807) is 0 Å². The standard InChI is InChI=1S/C29H38O4/c1-5-20-11-15-28(7-3,16-12-20)32-26(30)24-22-9-10-23(19-22)25(24)27(31)33-29(8-4)17-13-21(6-2)14-18-29/h11-15,17,22-23H,5-10,16,18-19H2,1-4H3. The van der Waals surface area contributed by atoms with Gasteiger partial charge in [0.25, 0.3) is 0 Å². The molecular formula is C29H38O4. The third-order valence-electron chi connectivity index (χ3n) is 8.21. The molecule has 4 heteroatoms. The highest BCUT2D eigenvalue weighted by Crippen LogP contribution is 2.50. The van der Waals surface area contributed by atoms with Gasteiger partial charge < -0.3 is 9.47 Å². The molecule has 4 aliphatic rings. The van der Waals surface area contributed by atoms with Crippen molar-refractivity contribution < 1.29 is 19.1 Å². The summed E-state index contributed by atoms with van der Waals surface area (Å²) in [7, 11) is 0. The molecule has 1 fully saturated rings. The Hall–Kier alpha value is -2.36. The lowest BCUT2D eigenvalue weighted by Gasteiger charge is -2.33. The minimum atomic E-state index is -0.627. The van der Waals surface area contributed by atoms with Crippen molar-refractivity contribution in [2.75, 3.05) is 0 Å². The molecule has 4 atom stereocenters. The molecule has 0 aromatic heterocycles. The summed E-state index contributed by atoms with van der Waals surface area (Å²) in [5.74, 6) is -0.433. The summed E-state index contributed by atoms with van der Waals surface area (Å²) in [6.45, 7) is 8.35. The summed E-state index contributed by atoms with van der Waals surface area (Å²) in [4.78, 5) is 27.0. The van der Waals surface area contributed by atoms with Crippen LogP contribution in [0.15, 0.2) is 58.7 Å². The third kappa shape index (κ3) is 4.54. The summed E-state index contributed by atoms with van der Waals surface area (Å²) in [6.07, 6.45) is 20.0. The van der Waals surface area contributed by atoms with Crippen molar-refractivity contribution >= 4 is 11.9 Å². The molecule has 4 rings (SSSR count). The normalized spacial score (nSPS) is 32.6. The quantitative estimate of drug-likeness (QED) is 0.387. The molecule has 0 spiro atoms. The number of ether oxygens (including phenoxy) is 2. The van der Waals surface area contributed by atoms with Gasteiger partial charge in [0, 0.05) is 12.8 Å². The monoisotopic (exact) mass is 450 g/mol. The summed E-state index contributed by atoms with van der Waals surface area (Å²) in [5.41, 5.74) is 2.45. The Morgan fingerprint density at radius 1 is 0.788 bits per heavy atom. The Balaban J connectivity index is 1.56. The largest absolute Gasteiger partial charge is 0.451 e. The molecular weight excluding hydrogens is 412 g/mol. The van der Waals surface area contributed by atoms with Gasteiger partial charge >= 0.3 is 11.9 Å². The van der Waals surface area contributed by atoms with Gasteiger partial charge in [-0.2, -0.15) is 0 Å². The number of allylic oxidation sites excluding steroid dienone is 4. The maximum atomic E-state index is 13.5. The van der Waals surface area contributed by atoms with Crippen LogP contribution in [0.4, 0.5) is 0 Å². The zero-order chi connectivity index (χ0) is 23.6. The van der Waals surface area contributed by atoms with E-state index < -0.39 is 11.2 Å². The second-order valence-corrected chi connectivity index (χ2v) is 9.99. The van der Waals surface area contributed by atoms with Crippen LogP contribution in [0.1, 0.15) is 85.5 Å². The van der Waals surface area contributed by atoms with Crippen LogP contribution in [-0.4, -0.2) is 23.1 Å². The van der Waals surface area contributed by atoms with Crippen LogP contribution >= 0.6 is 0 Å². The number of carbonyl (C=O) groups excluding carboxylic acids is 2. The first-order valence-corrected chi connectivity index (χ1v) is 12.9. The molecule has 178 valence electrons. The van der Waals surface area contributed by atoms with Crippen LogP contribution in [0.5, 0.6) is 0 Å². The maximum absolute atomic E-state index is 13.5. The van der Waals surface area contributed by atoms with Crippen LogP contribution < -0.4 is 0 Å². The van der Waals surface area contributed by atoms with Crippen LogP contribution in [0.2, 0.25) is 0 Å². The molecule has 2 bridgehead atoms. The molecule has 0 radical (unpaired) electrons. The van der Waals surface area contributed by atoms with E-state index in [1.807, 2.05) is 26.0 Å². The van der Waals surface area contributed by atoms with Crippen molar-refractivity contribution in [1.29, 1.82) is 0 Å². The minimum Gasteiger partial charge on any atom is -0.451 e. The van der Waals surface area contributed by atoms with Crippen LogP contribution in [0, 0.1) is 11.8 Å². The van der Waals surface area contributed by atoms with E-state index in [0.717, 1.165) is 32.1 Å². The number of carbonyl (C=O) groups is 2. The van der Waals surface area contributed by atoms with Crippen LogP contribution in [0.25, 0.3) is 0 Å². The summed E-state index contributed by atoms with van der Waals surface area (Å²) in [6, 6.07) is 0. The summed E-state index contributed by atoms with van der Waals surface area (Å²) >= 11 is 0. The van der Waals surface area contributed by atoms with Gasteiger partial charge in [0.2, 0.25) is 0 Å². The molecule has 0 aromatic rings. The first-order chi connectivity index (χ1) is 15.9.